The van der Waals surface area contributed by atoms with Gasteiger partial charge in [0, 0.05) is 18.9 Å². The first-order valence-electron chi connectivity index (χ1n) is 6.51. The Morgan fingerprint density at radius 1 is 1.10 bits per heavy atom. The van der Waals surface area contributed by atoms with Crippen molar-refractivity contribution in [3.05, 3.63) is 35.4 Å². The fourth-order valence-electron chi connectivity index (χ4n) is 1.62. The summed E-state index contributed by atoms with van der Waals surface area (Å²) in [6.45, 7) is 4.01. The van der Waals surface area contributed by atoms with Crippen LogP contribution >= 0.6 is 0 Å². The van der Waals surface area contributed by atoms with Crippen LogP contribution < -0.4 is 5.32 Å². The summed E-state index contributed by atoms with van der Waals surface area (Å²) in [7, 11) is 0. The topological polar surface area (TPSA) is 66.4 Å². The third kappa shape index (κ3) is 6.48. The van der Waals surface area contributed by atoms with Gasteiger partial charge in [-0.15, -0.1) is 0 Å². The number of Topliss-reactive ketones (excluding diaryl/α,β-unsaturated/α-hetero) is 1. The number of hydrogen-bond acceptors (Lipinski definition) is 3. The zero-order chi connectivity index (χ0) is 14.3. The summed E-state index contributed by atoms with van der Waals surface area (Å²) in [5.74, 6) is 0.150. The Bertz CT molecular complexity index is 424. The lowest BCUT2D eigenvalue weighted by Crippen LogP contribution is -2.27. The highest BCUT2D eigenvalue weighted by Gasteiger charge is 2.08. The number of aliphatic hydroxyl groups excluding tert-OH is 1. The van der Waals surface area contributed by atoms with Crippen molar-refractivity contribution in [1.29, 1.82) is 0 Å². The quantitative estimate of drug-likeness (QED) is 0.799. The van der Waals surface area contributed by atoms with Gasteiger partial charge in [0.25, 0.3) is 0 Å². The number of carbonyl (C=O) groups excluding carboxylic acids is 2. The Kier molecular flexibility index (Phi) is 8.48. The molecule has 0 aliphatic rings. The van der Waals surface area contributed by atoms with Crippen molar-refractivity contribution in [2.75, 3.05) is 13.2 Å². The van der Waals surface area contributed by atoms with Crippen LogP contribution in [0, 0.1) is 5.92 Å². The van der Waals surface area contributed by atoms with Crippen LogP contribution in [-0.4, -0.2) is 29.9 Å². The largest absolute Gasteiger partial charge is 0.395 e. The van der Waals surface area contributed by atoms with Crippen molar-refractivity contribution < 1.29 is 14.7 Å². The van der Waals surface area contributed by atoms with Crippen LogP contribution in [0.3, 0.4) is 0 Å². The minimum atomic E-state index is -0.111. The van der Waals surface area contributed by atoms with Crippen LogP contribution in [0.5, 0.6) is 0 Å². The molecule has 2 N–H and O–H groups in total. The molecule has 1 rings (SSSR count). The second-order valence-corrected chi connectivity index (χ2v) is 4.86. The summed E-state index contributed by atoms with van der Waals surface area (Å²) in [4.78, 5) is 23.1. The molecular formula is C16H25NO3. The summed E-state index contributed by atoms with van der Waals surface area (Å²) in [5.41, 5.74) is 1.87. The van der Waals surface area contributed by atoms with E-state index in [2.05, 4.69) is 5.32 Å². The van der Waals surface area contributed by atoms with Gasteiger partial charge in [0.2, 0.25) is 5.91 Å². The number of benzene rings is 1. The maximum atomic E-state index is 11.6. The Morgan fingerprint density at radius 3 is 2.05 bits per heavy atom. The molecule has 0 saturated carbocycles. The number of rotatable bonds is 7. The lowest BCUT2D eigenvalue weighted by atomic mass is 10.00. The maximum Gasteiger partial charge on any atom is 0.224 e. The minimum absolute atomic E-state index is 0. The Morgan fingerprint density at radius 2 is 1.60 bits per heavy atom. The first-order valence-corrected chi connectivity index (χ1v) is 6.51. The van der Waals surface area contributed by atoms with E-state index in [0.717, 1.165) is 11.1 Å². The van der Waals surface area contributed by atoms with Crippen LogP contribution in [0.25, 0.3) is 0 Å². The monoisotopic (exact) mass is 279 g/mol. The van der Waals surface area contributed by atoms with Crippen molar-refractivity contribution in [1.82, 2.24) is 5.32 Å². The lowest BCUT2D eigenvalue weighted by Gasteiger charge is -2.06. The van der Waals surface area contributed by atoms with Crippen LogP contribution in [-0.2, 0) is 22.4 Å². The second-order valence-electron chi connectivity index (χ2n) is 4.86. The lowest BCUT2D eigenvalue weighted by molar-refractivity contribution is -0.121. The molecule has 0 unspecified atom stereocenters. The van der Waals surface area contributed by atoms with Crippen LogP contribution in [0.2, 0.25) is 0 Å². The molecule has 20 heavy (non-hydrogen) atoms. The number of aliphatic hydroxyl groups is 1. The van der Waals surface area contributed by atoms with Gasteiger partial charge in [-0.05, 0) is 11.1 Å². The molecule has 0 heterocycles. The fourth-order valence-corrected chi connectivity index (χ4v) is 1.62. The zero-order valence-electron chi connectivity index (χ0n) is 11.5. The van der Waals surface area contributed by atoms with Crippen molar-refractivity contribution in [3.63, 3.8) is 0 Å². The van der Waals surface area contributed by atoms with Crippen LogP contribution in [0.4, 0.5) is 0 Å². The van der Waals surface area contributed by atoms with Gasteiger partial charge in [-0.1, -0.05) is 45.5 Å². The van der Waals surface area contributed by atoms with E-state index in [4.69, 9.17) is 5.11 Å². The second kappa shape index (κ2) is 9.26. The standard InChI is InChI=1S/C15H21NO3.CH4/c1-11(2)14(18)9-12-3-5-13(6-4-12)10-15(19)16-7-8-17;/h3-6,11,17H,7-10H2,1-2H3,(H,16,19);1H4. The predicted octanol–water partition coefficient (Wildman–Crippen LogP) is 1.74. The van der Waals surface area contributed by atoms with Crippen LogP contribution in [0.15, 0.2) is 24.3 Å². The van der Waals surface area contributed by atoms with Gasteiger partial charge in [0.1, 0.15) is 5.78 Å². The Hall–Kier alpha value is -1.68. The molecule has 0 spiro atoms. The number of amides is 1. The van der Waals surface area contributed by atoms with Crippen molar-refractivity contribution >= 4 is 11.7 Å². The zero-order valence-corrected chi connectivity index (χ0v) is 11.5. The van der Waals surface area contributed by atoms with E-state index in [1.54, 1.807) is 0 Å². The maximum absolute atomic E-state index is 11.6. The van der Waals surface area contributed by atoms with Crippen molar-refractivity contribution in [2.24, 2.45) is 5.92 Å². The molecule has 1 aromatic carbocycles. The normalized spacial score (nSPS) is 10.0. The number of ketones is 1. The van der Waals surface area contributed by atoms with Crippen molar-refractivity contribution in [3.8, 4) is 0 Å². The molecule has 0 bridgehead atoms. The van der Waals surface area contributed by atoms with Gasteiger partial charge in [-0.3, -0.25) is 9.59 Å². The molecule has 0 saturated heterocycles. The molecular weight excluding hydrogens is 254 g/mol. The molecule has 4 nitrogen and oxygen atoms in total. The smallest absolute Gasteiger partial charge is 0.224 e. The highest BCUT2D eigenvalue weighted by Crippen LogP contribution is 2.09. The summed E-state index contributed by atoms with van der Waals surface area (Å²) < 4.78 is 0. The third-order valence-corrected chi connectivity index (χ3v) is 2.84. The third-order valence-electron chi connectivity index (χ3n) is 2.84. The average Bonchev–Trinajstić information content (AvgIpc) is 2.38. The summed E-state index contributed by atoms with van der Waals surface area (Å²) in [6.07, 6.45) is 0.729. The highest BCUT2D eigenvalue weighted by atomic mass is 16.3. The fraction of sp³-hybridized carbons (Fsp3) is 0.500. The van der Waals surface area contributed by atoms with E-state index >= 15 is 0 Å². The molecule has 1 amide bonds. The van der Waals surface area contributed by atoms with E-state index in [1.165, 1.54) is 0 Å². The first kappa shape index (κ1) is 18.3. The Labute approximate surface area is 121 Å². The van der Waals surface area contributed by atoms with Crippen molar-refractivity contribution in [2.45, 2.75) is 34.1 Å². The molecule has 0 aliphatic heterocycles. The molecule has 0 aromatic heterocycles. The molecule has 4 heteroatoms. The molecule has 112 valence electrons. The van der Waals surface area contributed by atoms with E-state index in [9.17, 15) is 9.59 Å². The average molecular weight is 279 g/mol. The van der Waals surface area contributed by atoms with E-state index < -0.39 is 0 Å². The SMILES string of the molecule is C.CC(C)C(=O)Cc1ccc(CC(=O)NCCO)cc1. The van der Waals surface area contributed by atoms with Gasteiger partial charge in [-0.25, -0.2) is 0 Å². The number of hydrogen-bond donors (Lipinski definition) is 2. The van der Waals surface area contributed by atoms with Gasteiger partial charge < -0.3 is 10.4 Å². The molecule has 0 fully saturated rings. The number of nitrogens with one attached hydrogen (secondary N) is 1. The van der Waals surface area contributed by atoms with E-state index in [-0.39, 0.29) is 38.2 Å². The van der Waals surface area contributed by atoms with Gasteiger partial charge in [0.15, 0.2) is 0 Å². The highest BCUT2D eigenvalue weighted by molar-refractivity contribution is 5.82. The van der Waals surface area contributed by atoms with Gasteiger partial charge in [0.05, 0.1) is 13.0 Å². The first-order chi connectivity index (χ1) is 9.02. The predicted molar refractivity (Wildman–Crippen MR) is 80.5 cm³/mol. The summed E-state index contributed by atoms with van der Waals surface area (Å²) in [6, 6.07) is 7.49. The Balaban J connectivity index is 0.00000361. The van der Waals surface area contributed by atoms with E-state index in [1.807, 2.05) is 38.1 Å². The molecule has 0 atom stereocenters. The van der Waals surface area contributed by atoms with Gasteiger partial charge in [-0.2, -0.15) is 0 Å². The van der Waals surface area contributed by atoms with Gasteiger partial charge >= 0.3 is 0 Å². The molecule has 0 aliphatic carbocycles. The van der Waals surface area contributed by atoms with Crippen LogP contribution in [0.1, 0.15) is 32.4 Å². The number of carbonyl (C=O) groups is 2. The molecule has 1 aromatic rings. The summed E-state index contributed by atoms with van der Waals surface area (Å²) in [5, 5.41) is 11.2. The molecule has 0 radical (unpaired) electrons. The minimum Gasteiger partial charge on any atom is -0.395 e. The summed E-state index contributed by atoms with van der Waals surface area (Å²) >= 11 is 0. The van der Waals surface area contributed by atoms with E-state index in [0.29, 0.717) is 12.8 Å².